The van der Waals surface area contributed by atoms with Crippen molar-refractivity contribution < 1.29 is 9.90 Å². The van der Waals surface area contributed by atoms with Crippen molar-refractivity contribution in [3.8, 4) is 11.3 Å². The lowest BCUT2D eigenvalue weighted by molar-refractivity contribution is 0.0685. The summed E-state index contributed by atoms with van der Waals surface area (Å²) >= 11 is 0. The van der Waals surface area contributed by atoms with Gasteiger partial charge in [-0.25, -0.2) is 4.79 Å². The van der Waals surface area contributed by atoms with Crippen LogP contribution in [0.5, 0.6) is 0 Å². The number of carboxylic acid groups (broad SMARTS) is 1. The lowest BCUT2D eigenvalue weighted by atomic mass is 10.1. The number of aromatic nitrogens is 1. The number of aromatic carboxylic acids is 1. The van der Waals surface area contributed by atoms with Gasteiger partial charge in [-0.15, -0.1) is 0 Å². The minimum Gasteiger partial charge on any atom is -0.477 e. The molecule has 3 heteroatoms. The molecule has 0 bridgehead atoms. The Morgan fingerprint density at radius 2 is 1.83 bits per heavy atom. The highest BCUT2D eigenvalue weighted by atomic mass is 16.4. The van der Waals surface area contributed by atoms with Crippen LogP contribution in [-0.4, -0.2) is 15.6 Å². The molecule has 1 aliphatic rings. The lowest BCUT2D eigenvalue weighted by Crippen LogP contribution is -2.08. The molecule has 0 atom stereocenters. The van der Waals surface area contributed by atoms with Crippen molar-refractivity contribution in [2.75, 3.05) is 0 Å². The minimum atomic E-state index is -0.847. The highest BCUT2D eigenvalue weighted by molar-refractivity contribution is 5.87. The van der Waals surface area contributed by atoms with Gasteiger partial charge in [0.2, 0.25) is 0 Å². The highest BCUT2D eigenvalue weighted by Crippen LogP contribution is 2.40. The molecule has 0 spiro atoms. The summed E-state index contributed by atoms with van der Waals surface area (Å²) in [6.07, 6.45) is 2.15. The normalized spacial score (nSPS) is 14.7. The third kappa shape index (κ3) is 1.82. The van der Waals surface area contributed by atoms with Crippen LogP contribution in [0.25, 0.3) is 11.3 Å². The van der Waals surface area contributed by atoms with Gasteiger partial charge in [-0.2, -0.15) is 0 Å². The van der Waals surface area contributed by atoms with Gasteiger partial charge in [0.25, 0.3) is 0 Å². The molecule has 3 nitrogen and oxygen atoms in total. The number of carbonyl (C=O) groups is 1. The van der Waals surface area contributed by atoms with E-state index in [0.717, 1.165) is 24.1 Å². The molecule has 1 aromatic carbocycles. The summed E-state index contributed by atoms with van der Waals surface area (Å²) in [4.78, 5) is 11.2. The summed E-state index contributed by atoms with van der Waals surface area (Å²) < 4.78 is 1.97. The van der Waals surface area contributed by atoms with Crippen molar-refractivity contribution in [1.82, 2.24) is 4.57 Å². The van der Waals surface area contributed by atoms with Gasteiger partial charge in [0.15, 0.2) is 0 Å². The van der Waals surface area contributed by atoms with Crippen molar-refractivity contribution in [3.63, 3.8) is 0 Å². The third-order valence-electron chi connectivity index (χ3n) is 3.40. The summed E-state index contributed by atoms with van der Waals surface area (Å²) in [5.41, 5.74) is 3.70. The SMILES string of the molecule is Cc1ccc(-c2ccc(C(=O)O)n2C2CC2)cc1. The average molecular weight is 241 g/mol. The standard InChI is InChI=1S/C15H15NO2/c1-10-2-4-11(5-3-10)13-8-9-14(15(17)18)16(13)12-6-7-12/h2-5,8-9,12H,6-7H2,1H3,(H,17,18). The molecule has 1 fully saturated rings. The second-order valence-corrected chi connectivity index (χ2v) is 4.88. The second-order valence-electron chi connectivity index (χ2n) is 4.88. The van der Waals surface area contributed by atoms with Crippen molar-refractivity contribution in [1.29, 1.82) is 0 Å². The van der Waals surface area contributed by atoms with E-state index in [1.165, 1.54) is 5.56 Å². The molecule has 92 valence electrons. The predicted molar refractivity (Wildman–Crippen MR) is 69.8 cm³/mol. The first-order valence-electron chi connectivity index (χ1n) is 6.18. The quantitative estimate of drug-likeness (QED) is 0.893. The molecule has 3 rings (SSSR count). The van der Waals surface area contributed by atoms with Crippen molar-refractivity contribution in [2.24, 2.45) is 0 Å². The zero-order chi connectivity index (χ0) is 12.7. The number of aryl methyl sites for hydroxylation is 1. The van der Waals surface area contributed by atoms with Gasteiger partial charge in [-0.05, 0) is 37.5 Å². The topological polar surface area (TPSA) is 42.2 Å². The average Bonchev–Trinajstić information content (AvgIpc) is 3.09. The Hall–Kier alpha value is -2.03. The molecule has 0 unspecified atom stereocenters. The zero-order valence-electron chi connectivity index (χ0n) is 10.3. The lowest BCUT2D eigenvalue weighted by Gasteiger charge is -2.10. The number of benzene rings is 1. The summed E-state index contributed by atoms with van der Waals surface area (Å²) in [6, 6.07) is 12.2. The van der Waals surface area contributed by atoms with Crippen LogP contribution in [0, 0.1) is 6.92 Å². The number of rotatable bonds is 3. The van der Waals surface area contributed by atoms with Crippen LogP contribution in [-0.2, 0) is 0 Å². The van der Waals surface area contributed by atoms with Crippen LogP contribution < -0.4 is 0 Å². The molecule has 0 amide bonds. The van der Waals surface area contributed by atoms with Gasteiger partial charge in [-0.1, -0.05) is 29.8 Å². The first-order valence-corrected chi connectivity index (χ1v) is 6.18. The van der Waals surface area contributed by atoms with Gasteiger partial charge in [0, 0.05) is 11.7 Å². The van der Waals surface area contributed by atoms with Gasteiger partial charge in [0.1, 0.15) is 5.69 Å². The molecular formula is C15H15NO2. The maximum Gasteiger partial charge on any atom is 0.352 e. The van der Waals surface area contributed by atoms with Gasteiger partial charge < -0.3 is 9.67 Å². The summed E-state index contributed by atoms with van der Waals surface area (Å²) in [5.74, 6) is -0.847. The van der Waals surface area contributed by atoms with Crippen LogP contribution in [0.1, 0.15) is 34.9 Å². The van der Waals surface area contributed by atoms with E-state index in [1.807, 2.05) is 17.6 Å². The van der Waals surface area contributed by atoms with Crippen molar-refractivity contribution >= 4 is 5.97 Å². The van der Waals surface area contributed by atoms with Crippen LogP contribution in [0.4, 0.5) is 0 Å². The molecule has 18 heavy (non-hydrogen) atoms. The molecule has 1 heterocycles. The molecule has 0 saturated heterocycles. The van der Waals surface area contributed by atoms with E-state index in [9.17, 15) is 9.90 Å². The second kappa shape index (κ2) is 4.02. The van der Waals surface area contributed by atoms with E-state index in [4.69, 9.17) is 0 Å². The first kappa shape index (κ1) is 11.1. The Bertz CT molecular complexity index is 591. The van der Waals surface area contributed by atoms with Crippen LogP contribution in [0.3, 0.4) is 0 Å². The molecule has 2 aromatic rings. The molecule has 0 aliphatic heterocycles. The fourth-order valence-electron chi connectivity index (χ4n) is 2.31. The highest BCUT2D eigenvalue weighted by Gasteiger charge is 2.29. The molecular weight excluding hydrogens is 226 g/mol. The Morgan fingerprint density at radius 1 is 1.17 bits per heavy atom. The summed E-state index contributed by atoms with van der Waals surface area (Å²) in [5, 5.41) is 9.23. The van der Waals surface area contributed by atoms with E-state index < -0.39 is 5.97 Å². The van der Waals surface area contributed by atoms with Crippen LogP contribution in [0.15, 0.2) is 36.4 Å². The molecule has 1 aromatic heterocycles. The largest absolute Gasteiger partial charge is 0.477 e. The minimum absolute atomic E-state index is 0.363. The van der Waals surface area contributed by atoms with E-state index in [2.05, 4.69) is 24.3 Å². The zero-order valence-corrected chi connectivity index (χ0v) is 10.3. The van der Waals surface area contributed by atoms with Gasteiger partial charge >= 0.3 is 5.97 Å². The fourth-order valence-corrected chi connectivity index (χ4v) is 2.31. The number of hydrogen-bond donors (Lipinski definition) is 1. The smallest absolute Gasteiger partial charge is 0.352 e. The number of carboxylic acids is 1. The van der Waals surface area contributed by atoms with E-state index >= 15 is 0 Å². The van der Waals surface area contributed by atoms with Crippen LogP contribution in [0.2, 0.25) is 0 Å². The van der Waals surface area contributed by atoms with Crippen molar-refractivity contribution in [2.45, 2.75) is 25.8 Å². The van der Waals surface area contributed by atoms with Crippen molar-refractivity contribution in [3.05, 3.63) is 47.7 Å². The maximum absolute atomic E-state index is 11.2. The van der Waals surface area contributed by atoms with E-state index in [0.29, 0.717) is 11.7 Å². The summed E-state index contributed by atoms with van der Waals surface area (Å²) in [6.45, 7) is 2.05. The van der Waals surface area contributed by atoms with E-state index in [-0.39, 0.29) is 0 Å². The monoisotopic (exact) mass is 241 g/mol. The Morgan fingerprint density at radius 3 is 2.39 bits per heavy atom. The fraction of sp³-hybridized carbons (Fsp3) is 0.267. The first-order chi connectivity index (χ1) is 8.66. The van der Waals surface area contributed by atoms with Crippen LogP contribution >= 0.6 is 0 Å². The summed E-state index contributed by atoms with van der Waals surface area (Å²) in [7, 11) is 0. The third-order valence-corrected chi connectivity index (χ3v) is 3.40. The number of hydrogen-bond acceptors (Lipinski definition) is 1. The van der Waals surface area contributed by atoms with Gasteiger partial charge in [-0.3, -0.25) is 0 Å². The number of nitrogens with zero attached hydrogens (tertiary/aromatic N) is 1. The molecule has 1 aliphatic carbocycles. The Balaban J connectivity index is 2.11. The Labute approximate surface area is 106 Å². The maximum atomic E-state index is 11.2. The van der Waals surface area contributed by atoms with Gasteiger partial charge in [0.05, 0.1) is 0 Å². The molecule has 0 radical (unpaired) electrons. The van der Waals surface area contributed by atoms with E-state index in [1.54, 1.807) is 6.07 Å². The molecule has 1 N–H and O–H groups in total. The molecule has 1 saturated carbocycles. The Kier molecular flexibility index (Phi) is 2.47. The predicted octanol–water partition coefficient (Wildman–Crippen LogP) is 3.50.